The minimum Gasteiger partial charge on any atom is -0.352 e. The maximum absolute atomic E-state index is 13.7. The van der Waals surface area contributed by atoms with Crippen molar-refractivity contribution in [3.05, 3.63) is 52.0 Å². The van der Waals surface area contributed by atoms with Gasteiger partial charge in [0.1, 0.15) is 5.82 Å². The lowest BCUT2D eigenvalue weighted by Crippen LogP contribution is -2.30. The molecular weight excluding hydrogens is 331 g/mol. The van der Waals surface area contributed by atoms with Crippen LogP contribution in [-0.4, -0.2) is 23.1 Å². The summed E-state index contributed by atoms with van der Waals surface area (Å²) in [6, 6.07) is 5.95. The first kappa shape index (κ1) is 17.9. The normalized spacial score (nSPS) is 11.5. The molecule has 0 bridgehead atoms. The van der Waals surface area contributed by atoms with Gasteiger partial charge in [0.05, 0.1) is 6.54 Å². The number of halogens is 1. The number of aromatic nitrogens is 1. The lowest BCUT2D eigenvalue weighted by atomic mass is 10.2. The van der Waals surface area contributed by atoms with Gasteiger partial charge < -0.3 is 15.6 Å². The number of thiazole rings is 1. The van der Waals surface area contributed by atoms with Gasteiger partial charge in [0.2, 0.25) is 5.91 Å². The van der Waals surface area contributed by atoms with Crippen LogP contribution in [0.2, 0.25) is 0 Å². The summed E-state index contributed by atoms with van der Waals surface area (Å²) in [6.07, 6.45) is 3.34. The molecule has 0 aliphatic rings. The maximum Gasteiger partial charge on any atom is 0.312 e. The van der Waals surface area contributed by atoms with Gasteiger partial charge in [-0.3, -0.25) is 4.79 Å². The Labute approximate surface area is 142 Å². The molecule has 128 valence electrons. The number of carbonyl (C=O) groups excluding carboxylic acids is 2. The number of hydrogen-bond donors (Lipinski definition) is 2. The van der Waals surface area contributed by atoms with E-state index >= 15 is 0 Å². The molecule has 3 N–H and O–H groups in total. The second-order valence-electron chi connectivity index (χ2n) is 5.16. The van der Waals surface area contributed by atoms with Crippen molar-refractivity contribution >= 4 is 23.3 Å². The smallest absolute Gasteiger partial charge is 0.312 e. The fraction of sp³-hybridized carbons (Fsp3) is 0.312. The number of nitrogens with zero attached hydrogens (tertiary/aromatic N) is 2. The Morgan fingerprint density at radius 1 is 1.29 bits per heavy atom. The Hall–Kier alpha value is -2.48. The first-order valence-electron chi connectivity index (χ1n) is 7.54. The number of unbranched alkanes of at least 4 members (excludes halogenated alkanes) is 1. The average molecular weight is 350 g/mol. The van der Waals surface area contributed by atoms with Crippen LogP contribution in [0.1, 0.15) is 24.8 Å². The largest absolute Gasteiger partial charge is 0.352 e. The van der Waals surface area contributed by atoms with E-state index in [0.29, 0.717) is 36.3 Å². The van der Waals surface area contributed by atoms with Crippen LogP contribution in [0.5, 0.6) is 0 Å². The molecule has 0 saturated carbocycles. The predicted molar refractivity (Wildman–Crippen MR) is 89.8 cm³/mol. The summed E-state index contributed by atoms with van der Waals surface area (Å²) in [5.74, 6) is -0.519. The molecule has 2 rings (SSSR count). The molecule has 6 nitrogen and oxygen atoms in total. The van der Waals surface area contributed by atoms with Gasteiger partial charge in [-0.25, -0.2) is 9.18 Å². The van der Waals surface area contributed by atoms with Gasteiger partial charge in [0.15, 0.2) is 4.80 Å². The highest BCUT2D eigenvalue weighted by atomic mass is 32.1. The van der Waals surface area contributed by atoms with E-state index in [1.54, 1.807) is 29.0 Å². The van der Waals surface area contributed by atoms with Gasteiger partial charge in [-0.05, 0) is 18.9 Å². The highest BCUT2D eigenvalue weighted by Gasteiger charge is 2.05. The van der Waals surface area contributed by atoms with Crippen LogP contribution in [0.4, 0.5) is 9.18 Å². The second-order valence-corrected chi connectivity index (χ2v) is 6.03. The SMILES string of the molecule is NC(=O)NCCCCC(=O)N=c1sccn1Cc1ccccc1F. The van der Waals surface area contributed by atoms with Crippen LogP contribution >= 0.6 is 11.3 Å². The average Bonchev–Trinajstić information content (AvgIpc) is 2.96. The number of nitrogens with two attached hydrogens (primary N) is 1. The first-order valence-corrected chi connectivity index (χ1v) is 8.42. The third-order valence-electron chi connectivity index (χ3n) is 3.30. The van der Waals surface area contributed by atoms with Crippen molar-refractivity contribution in [1.82, 2.24) is 9.88 Å². The van der Waals surface area contributed by atoms with E-state index in [-0.39, 0.29) is 18.1 Å². The molecule has 8 heteroatoms. The standard InChI is InChI=1S/C16H19FN4O2S/c17-13-6-2-1-5-12(13)11-21-9-10-24-16(21)20-14(22)7-3-4-8-19-15(18)23/h1-2,5-6,9-10H,3-4,7-8,11H2,(H3,18,19,23). The molecule has 0 atom stereocenters. The molecule has 1 aromatic carbocycles. The van der Waals surface area contributed by atoms with Gasteiger partial charge in [-0.1, -0.05) is 18.2 Å². The van der Waals surface area contributed by atoms with E-state index in [1.165, 1.54) is 17.4 Å². The van der Waals surface area contributed by atoms with Gasteiger partial charge in [-0.15, -0.1) is 11.3 Å². The Morgan fingerprint density at radius 3 is 2.83 bits per heavy atom. The van der Waals surface area contributed by atoms with Crippen LogP contribution in [-0.2, 0) is 11.3 Å². The molecule has 0 saturated heterocycles. The van der Waals surface area contributed by atoms with Crippen molar-refractivity contribution in [1.29, 1.82) is 0 Å². The van der Waals surface area contributed by atoms with Gasteiger partial charge in [0, 0.05) is 30.1 Å². The van der Waals surface area contributed by atoms with Crippen LogP contribution in [0.25, 0.3) is 0 Å². The van der Waals surface area contributed by atoms with E-state index in [1.807, 2.05) is 5.38 Å². The first-order chi connectivity index (χ1) is 11.6. The Morgan fingerprint density at radius 2 is 2.08 bits per heavy atom. The summed E-state index contributed by atoms with van der Waals surface area (Å²) in [5.41, 5.74) is 5.50. The van der Waals surface area contributed by atoms with E-state index in [2.05, 4.69) is 10.3 Å². The Bertz CT molecular complexity index is 769. The molecule has 24 heavy (non-hydrogen) atoms. The fourth-order valence-electron chi connectivity index (χ4n) is 2.09. The third-order valence-corrected chi connectivity index (χ3v) is 4.09. The lowest BCUT2D eigenvalue weighted by Gasteiger charge is -2.04. The number of amides is 3. The zero-order valence-electron chi connectivity index (χ0n) is 13.1. The third kappa shape index (κ3) is 5.62. The van der Waals surface area contributed by atoms with E-state index in [4.69, 9.17) is 5.73 Å². The van der Waals surface area contributed by atoms with Crippen molar-refractivity contribution < 1.29 is 14.0 Å². The number of nitrogens with one attached hydrogen (secondary N) is 1. The molecule has 0 spiro atoms. The van der Waals surface area contributed by atoms with Crippen LogP contribution < -0.4 is 15.9 Å². The molecule has 0 unspecified atom stereocenters. The molecule has 1 heterocycles. The minimum atomic E-state index is -0.571. The molecule has 0 fully saturated rings. The zero-order chi connectivity index (χ0) is 17.4. The Kier molecular flexibility index (Phi) is 6.68. The van der Waals surface area contributed by atoms with Crippen molar-refractivity contribution in [2.45, 2.75) is 25.8 Å². The number of hydrogen-bond acceptors (Lipinski definition) is 3. The van der Waals surface area contributed by atoms with Crippen molar-refractivity contribution in [2.75, 3.05) is 6.54 Å². The van der Waals surface area contributed by atoms with E-state index in [0.717, 1.165) is 0 Å². The lowest BCUT2D eigenvalue weighted by molar-refractivity contribution is -0.118. The van der Waals surface area contributed by atoms with Crippen LogP contribution in [0.3, 0.4) is 0 Å². The van der Waals surface area contributed by atoms with Crippen LogP contribution in [0, 0.1) is 5.82 Å². The second kappa shape index (κ2) is 8.97. The molecule has 0 radical (unpaired) electrons. The highest BCUT2D eigenvalue weighted by Crippen LogP contribution is 2.08. The molecule has 0 aliphatic carbocycles. The quantitative estimate of drug-likeness (QED) is 0.748. The van der Waals surface area contributed by atoms with Gasteiger partial charge in [0.25, 0.3) is 0 Å². The number of benzene rings is 1. The summed E-state index contributed by atoms with van der Waals surface area (Å²) in [6.45, 7) is 0.764. The zero-order valence-corrected chi connectivity index (χ0v) is 13.9. The van der Waals surface area contributed by atoms with Gasteiger partial charge >= 0.3 is 6.03 Å². The summed E-state index contributed by atoms with van der Waals surface area (Å²) >= 11 is 1.33. The number of primary amides is 1. The number of carbonyl (C=O) groups is 2. The predicted octanol–water partition coefficient (Wildman–Crippen LogP) is 2.00. The Balaban J connectivity index is 1.93. The van der Waals surface area contributed by atoms with Crippen molar-refractivity contribution in [3.8, 4) is 0 Å². The van der Waals surface area contributed by atoms with Gasteiger partial charge in [-0.2, -0.15) is 4.99 Å². The van der Waals surface area contributed by atoms with Crippen LogP contribution in [0.15, 0.2) is 40.8 Å². The summed E-state index contributed by atoms with van der Waals surface area (Å²) in [5, 5.41) is 4.28. The summed E-state index contributed by atoms with van der Waals surface area (Å²) < 4.78 is 15.5. The molecule has 3 amide bonds. The number of urea groups is 1. The number of rotatable bonds is 7. The topological polar surface area (TPSA) is 89.5 Å². The maximum atomic E-state index is 13.7. The summed E-state index contributed by atoms with van der Waals surface area (Å²) in [7, 11) is 0. The highest BCUT2D eigenvalue weighted by molar-refractivity contribution is 7.07. The fourth-order valence-corrected chi connectivity index (χ4v) is 2.84. The summed E-state index contributed by atoms with van der Waals surface area (Å²) in [4.78, 5) is 27.1. The minimum absolute atomic E-state index is 0.237. The van der Waals surface area contributed by atoms with Crippen molar-refractivity contribution in [3.63, 3.8) is 0 Å². The molecule has 1 aromatic heterocycles. The van der Waals surface area contributed by atoms with E-state index < -0.39 is 6.03 Å². The van der Waals surface area contributed by atoms with Crippen molar-refractivity contribution in [2.24, 2.45) is 10.7 Å². The molecule has 0 aliphatic heterocycles. The molecule has 2 aromatic rings. The monoisotopic (exact) mass is 350 g/mol. The van der Waals surface area contributed by atoms with E-state index in [9.17, 15) is 14.0 Å². The molecular formula is C16H19FN4O2S.